The van der Waals surface area contributed by atoms with E-state index in [-0.39, 0.29) is 0 Å². The molecule has 1 aromatic heterocycles. The molecule has 4 heteroatoms. The Morgan fingerprint density at radius 3 is 1.89 bits per heavy atom. The molecule has 0 unspecified atom stereocenters. The fraction of sp³-hybridized carbons (Fsp3) is 0.348. The number of benzene rings is 1. The van der Waals surface area contributed by atoms with Crippen molar-refractivity contribution < 1.29 is 9.47 Å². The van der Waals surface area contributed by atoms with E-state index in [1.54, 1.807) is 0 Å². The van der Waals surface area contributed by atoms with Crippen molar-refractivity contribution >= 4 is 15.9 Å². The highest BCUT2D eigenvalue weighted by molar-refractivity contribution is 9.10. The third-order valence-electron chi connectivity index (χ3n) is 4.08. The Balaban J connectivity index is 2.17. The number of ether oxygens (including phenoxy) is 2. The van der Waals surface area contributed by atoms with Crippen LogP contribution in [0, 0.1) is 0 Å². The summed E-state index contributed by atoms with van der Waals surface area (Å²) in [7, 11) is 0. The minimum Gasteiger partial charge on any atom is -0.493 e. The molecular formula is C23H28BrNO2. The van der Waals surface area contributed by atoms with Crippen LogP contribution in [-0.2, 0) is 0 Å². The van der Waals surface area contributed by atoms with Crippen molar-refractivity contribution in [3.8, 4) is 22.8 Å². The van der Waals surface area contributed by atoms with Gasteiger partial charge in [-0.25, -0.2) is 4.98 Å². The summed E-state index contributed by atoms with van der Waals surface area (Å²) >= 11 is 3.46. The van der Waals surface area contributed by atoms with Crippen LogP contribution in [0.15, 0.2) is 66.3 Å². The summed E-state index contributed by atoms with van der Waals surface area (Å²) in [4.78, 5) is 4.61. The van der Waals surface area contributed by atoms with E-state index >= 15 is 0 Å². The molecule has 0 aliphatic heterocycles. The monoisotopic (exact) mass is 429 g/mol. The number of hydrogen-bond acceptors (Lipinski definition) is 3. The second kappa shape index (κ2) is 12.3. The number of hydrogen-bond donors (Lipinski definition) is 0. The fourth-order valence-electron chi connectivity index (χ4n) is 2.70. The Bertz CT molecular complexity index is 694. The van der Waals surface area contributed by atoms with Gasteiger partial charge in [-0.05, 0) is 78.7 Å². The summed E-state index contributed by atoms with van der Waals surface area (Å²) in [5, 5.41) is 0. The van der Waals surface area contributed by atoms with Crippen LogP contribution in [0.2, 0.25) is 0 Å². The maximum Gasteiger partial charge on any atom is 0.132 e. The van der Waals surface area contributed by atoms with Gasteiger partial charge in [0, 0.05) is 0 Å². The van der Waals surface area contributed by atoms with Crippen LogP contribution in [0.5, 0.6) is 11.5 Å². The zero-order valence-electron chi connectivity index (χ0n) is 15.8. The number of pyridine rings is 1. The second-order valence-corrected chi connectivity index (χ2v) is 7.05. The molecule has 0 spiro atoms. The molecule has 0 N–H and O–H groups in total. The number of aromatic nitrogens is 1. The van der Waals surface area contributed by atoms with Crippen LogP contribution in [0.3, 0.4) is 0 Å². The molecule has 0 saturated carbocycles. The van der Waals surface area contributed by atoms with Crippen molar-refractivity contribution in [2.24, 2.45) is 0 Å². The Hall–Kier alpha value is -2.07. The van der Waals surface area contributed by atoms with Crippen LogP contribution < -0.4 is 9.47 Å². The first-order valence-corrected chi connectivity index (χ1v) is 10.3. The van der Waals surface area contributed by atoms with Gasteiger partial charge in [0.1, 0.15) is 16.1 Å². The van der Waals surface area contributed by atoms with Gasteiger partial charge in [0.05, 0.1) is 24.5 Å². The Kier molecular flexibility index (Phi) is 9.70. The molecule has 0 radical (unpaired) electrons. The quantitative estimate of drug-likeness (QED) is 0.195. The van der Waals surface area contributed by atoms with Crippen LogP contribution >= 0.6 is 15.9 Å². The number of nitrogens with zero attached hydrogens (tertiary/aromatic N) is 1. The van der Waals surface area contributed by atoms with Crippen molar-refractivity contribution in [2.75, 3.05) is 13.2 Å². The Morgan fingerprint density at radius 2 is 1.37 bits per heavy atom. The highest BCUT2D eigenvalue weighted by atomic mass is 79.9. The first kappa shape index (κ1) is 21.2. The van der Waals surface area contributed by atoms with Crippen LogP contribution in [0.25, 0.3) is 11.3 Å². The molecule has 27 heavy (non-hydrogen) atoms. The fourth-order valence-corrected chi connectivity index (χ4v) is 3.04. The maximum absolute atomic E-state index is 6.08. The van der Waals surface area contributed by atoms with Gasteiger partial charge in [-0.15, -0.1) is 13.2 Å². The SMILES string of the molecule is C=CCCCCOc1cccc(OCCCCC=C)c1-c1cccc(Br)n1. The molecule has 1 heterocycles. The molecule has 144 valence electrons. The number of rotatable bonds is 13. The molecule has 0 aliphatic carbocycles. The summed E-state index contributed by atoms with van der Waals surface area (Å²) in [6, 6.07) is 11.8. The average Bonchev–Trinajstić information content (AvgIpc) is 2.68. The Labute approximate surface area is 171 Å². The normalized spacial score (nSPS) is 10.4. The summed E-state index contributed by atoms with van der Waals surface area (Å²) in [5.74, 6) is 1.62. The van der Waals surface area contributed by atoms with E-state index in [4.69, 9.17) is 9.47 Å². The molecule has 0 atom stereocenters. The van der Waals surface area contributed by atoms with Crippen molar-refractivity contribution in [1.29, 1.82) is 0 Å². The first-order valence-electron chi connectivity index (χ1n) is 9.49. The van der Waals surface area contributed by atoms with Gasteiger partial charge < -0.3 is 9.47 Å². The van der Waals surface area contributed by atoms with Gasteiger partial charge in [-0.3, -0.25) is 0 Å². The summed E-state index contributed by atoms with van der Waals surface area (Å²) in [6.07, 6.45) is 10.0. The third kappa shape index (κ3) is 7.22. The van der Waals surface area contributed by atoms with Crippen molar-refractivity contribution in [3.63, 3.8) is 0 Å². The third-order valence-corrected chi connectivity index (χ3v) is 4.52. The van der Waals surface area contributed by atoms with E-state index in [9.17, 15) is 0 Å². The minimum atomic E-state index is 0.664. The van der Waals surface area contributed by atoms with Crippen molar-refractivity contribution in [3.05, 3.63) is 66.3 Å². The largest absolute Gasteiger partial charge is 0.493 e. The molecule has 0 saturated heterocycles. The zero-order valence-corrected chi connectivity index (χ0v) is 17.4. The van der Waals surface area contributed by atoms with Crippen LogP contribution in [-0.4, -0.2) is 18.2 Å². The molecule has 1 aromatic carbocycles. The van der Waals surface area contributed by atoms with E-state index in [1.807, 2.05) is 48.6 Å². The van der Waals surface area contributed by atoms with E-state index in [2.05, 4.69) is 34.1 Å². The first-order chi connectivity index (χ1) is 13.3. The lowest BCUT2D eigenvalue weighted by Crippen LogP contribution is -2.03. The number of allylic oxidation sites excluding steroid dienone is 2. The zero-order chi connectivity index (χ0) is 19.3. The molecule has 3 nitrogen and oxygen atoms in total. The molecule has 0 bridgehead atoms. The van der Waals surface area contributed by atoms with Crippen molar-refractivity contribution in [2.45, 2.75) is 38.5 Å². The van der Waals surface area contributed by atoms with E-state index in [0.717, 1.165) is 65.9 Å². The van der Waals surface area contributed by atoms with E-state index < -0.39 is 0 Å². The number of unbranched alkanes of at least 4 members (excludes halogenated alkanes) is 4. The summed E-state index contributed by atoms with van der Waals surface area (Å²) in [5.41, 5.74) is 1.75. The van der Waals surface area contributed by atoms with Gasteiger partial charge in [0.25, 0.3) is 0 Å². The lowest BCUT2D eigenvalue weighted by atomic mass is 10.1. The van der Waals surface area contributed by atoms with Gasteiger partial charge in [-0.2, -0.15) is 0 Å². The van der Waals surface area contributed by atoms with Crippen molar-refractivity contribution in [1.82, 2.24) is 4.98 Å². The van der Waals surface area contributed by atoms with Gasteiger partial charge in [-0.1, -0.05) is 24.3 Å². The second-order valence-electron chi connectivity index (χ2n) is 6.24. The van der Waals surface area contributed by atoms with Gasteiger partial charge >= 0.3 is 0 Å². The lowest BCUT2D eigenvalue weighted by Gasteiger charge is -2.16. The molecule has 2 rings (SSSR count). The molecule has 0 fully saturated rings. The predicted octanol–water partition coefficient (Wildman–Crippen LogP) is 6.98. The maximum atomic E-state index is 6.08. The van der Waals surface area contributed by atoms with E-state index in [0.29, 0.717) is 13.2 Å². The molecule has 0 aliphatic rings. The van der Waals surface area contributed by atoms with Gasteiger partial charge in [0.15, 0.2) is 0 Å². The average molecular weight is 430 g/mol. The smallest absolute Gasteiger partial charge is 0.132 e. The molecule has 2 aromatic rings. The topological polar surface area (TPSA) is 31.4 Å². The summed E-state index contributed by atoms with van der Waals surface area (Å²) < 4.78 is 13.0. The highest BCUT2D eigenvalue weighted by Crippen LogP contribution is 2.38. The van der Waals surface area contributed by atoms with Gasteiger partial charge in [0.2, 0.25) is 0 Å². The lowest BCUT2D eigenvalue weighted by molar-refractivity contribution is 0.294. The Morgan fingerprint density at radius 1 is 0.815 bits per heavy atom. The van der Waals surface area contributed by atoms with Crippen LogP contribution in [0.4, 0.5) is 0 Å². The molecule has 0 amide bonds. The standard InChI is InChI=1S/C23H28BrNO2/c1-3-5-7-9-17-26-20-14-12-15-21(27-18-10-8-6-4-2)23(20)19-13-11-16-22(24)25-19/h3-4,11-16H,1-2,5-10,17-18H2. The van der Waals surface area contributed by atoms with Crippen LogP contribution in [0.1, 0.15) is 38.5 Å². The highest BCUT2D eigenvalue weighted by Gasteiger charge is 2.15. The predicted molar refractivity (Wildman–Crippen MR) is 116 cm³/mol. The van der Waals surface area contributed by atoms with E-state index in [1.165, 1.54) is 0 Å². The minimum absolute atomic E-state index is 0.664. The summed E-state index contributed by atoms with van der Waals surface area (Å²) in [6.45, 7) is 8.85. The number of halogens is 1. The molecular weight excluding hydrogens is 402 g/mol.